The summed E-state index contributed by atoms with van der Waals surface area (Å²) >= 11 is 7.83. The molecule has 0 bridgehead atoms. The van der Waals surface area contributed by atoms with Crippen LogP contribution in [-0.4, -0.2) is 27.8 Å². The summed E-state index contributed by atoms with van der Waals surface area (Å²) in [5.41, 5.74) is 0.366. The Labute approximate surface area is 123 Å². The molecule has 0 aromatic carbocycles. The van der Waals surface area contributed by atoms with Crippen molar-refractivity contribution in [1.29, 1.82) is 0 Å². The van der Waals surface area contributed by atoms with Gasteiger partial charge in [0.25, 0.3) is 5.56 Å². The summed E-state index contributed by atoms with van der Waals surface area (Å²) < 4.78 is 1.41. The average molecular weight is 302 g/mol. The molecule has 0 aliphatic heterocycles. The van der Waals surface area contributed by atoms with Gasteiger partial charge in [-0.2, -0.15) is 16.9 Å². The number of nitrogens with zero attached hydrogens (tertiary/aromatic N) is 2. The lowest BCUT2D eigenvalue weighted by Gasteiger charge is -2.11. The van der Waals surface area contributed by atoms with Crippen molar-refractivity contribution in [3.63, 3.8) is 0 Å². The van der Waals surface area contributed by atoms with Gasteiger partial charge in [0, 0.05) is 24.6 Å². The number of anilines is 1. The van der Waals surface area contributed by atoms with E-state index in [0.29, 0.717) is 18.2 Å². The first kappa shape index (κ1) is 16.1. The van der Waals surface area contributed by atoms with E-state index in [2.05, 4.69) is 17.0 Å². The molecule has 0 unspecified atom stereocenters. The van der Waals surface area contributed by atoms with Crippen LogP contribution in [0.3, 0.4) is 0 Å². The summed E-state index contributed by atoms with van der Waals surface area (Å²) in [6.07, 6.45) is 3.48. The summed E-state index contributed by atoms with van der Waals surface area (Å²) in [5.74, 6) is 2.21. The Hall–Kier alpha value is -0.940. The Morgan fingerprint density at radius 3 is 3.00 bits per heavy atom. The van der Waals surface area contributed by atoms with Crippen LogP contribution in [0, 0.1) is 5.92 Å². The van der Waals surface area contributed by atoms with Crippen LogP contribution < -0.4 is 10.9 Å². The molecule has 0 aliphatic carbocycles. The first-order valence-electron chi connectivity index (χ1n) is 6.24. The fraction of sp³-hybridized carbons (Fsp3) is 0.538. The molecule has 106 valence electrons. The molecule has 1 rings (SSSR count). The third kappa shape index (κ3) is 5.28. The lowest BCUT2D eigenvalue weighted by atomic mass is 10.2. The summed E-state index contributed by atoms with van der Waals surface area (Å²) in [6, 6.07) is 0. The highest BCUT2D eigenvalue weighted by Gasteiger charge is 2.09. The minimum atomic E-state index is -0.237. The minimum Gasteiger partial charge on any atom is -0.382 e. The van der Waals surface area contributed by atoms with Gasteiger partial charge in [0.15, 0.2) is 0 Å². The van der Waals surface area contributed by atoms with Crippen LogP contribution in [0.25, 0.3) is 0 Å². The zero-order chi connectivity index (χ0) is 14.3. The van der Waals surface area contributed by atoms with Crippen molar-refractivity contribution < 1.29 is 0 Å². The number of hydrogen-bond acceptors (Lipinski definition) is 4. The monoisotopic (exact) mass is 301 g/mol. The fourth-order valence-electron chi connectivity index (χ4n) is 1.49. The third-order valence-corrected chi connectivity index (χ3v) is 3.65. The molecule has 0 amide bonds. The zero-order valence-electron chi connectivity index (χ0n) is 11.4. The van der Waals surface area contributed by atoms with E-state index < -0.39 is 0 Å². The molecule has 4 nitrogen and oxygen atoms in total. The topological polar surface area (TPSA) is 46.9 Å². The molecule has 1 heterocycles. The van der Waals surface area contributed by atoms with E-state index in [1.807, 2.05) is 19.9 Å². The molecular weight excluding hydrogens is 282 g/mol. The first-order valence-corrected chi connectivity index (χ1v) is 7.77. The van der Waals surface area contributed by atoms with Gasteiger partial charge in [-0.25, -0.2) is 4.68 Å². The van der Waals surface area contributed by atoms with E-state index in [4.69, 9.17) is 11.6 Å². The molecular formula is C13H20ClN3OS. The Morgan fingerprint density at radius 1 is 1.63 bits per heavy atom. The third-order valence-electron chi connectivity index (χ3n) is 2.32. The van der Waals surface area contributed by atoms with Crippen LogP contribution in [0.1, 0.15) is 13.8 Å². The van der Waals surface area contributed by atoms with Gasteiger partial charge >= 0.3 is 0 Å². The van der Waals surface area contributed by atoms with Gasteiger partial charge in [-0.1, -0.05) is 31.5 Å². The van der Waals surface area contributed by atoms with Crippen molar-refractivity contribution in [2.45, 2.75) is 20.4 Å². The molecule has 19 heavy (non-hydrogen) atoms. The van der Waals surface area contributed by atoms with Crippen LogP contribution in [0.15, 0.2) is 23.6 Å². The van der Waals surface area contributed by atoms with E-state index in [1.165, 1.54) is 4.68 Å². The van der Waals surface area contributed by atoms with Gasteiger partial charge < -0.3 is 5.32 Å². The lowest BCUT2D eigenvalue weighted by molar-refractivity contribution is 0.464. The van der Waals surface area contributed by atoms with Crippen LogP contribution in [0.2, 0.25) is 5.02 Å². The Kier molecular flexibility index (Phi) is 7.02. The predicted molar refractivity (Wildman–Crippen MR) is 84.4 cm³/mol. The molecule has 0 atom stereocenters. The maximum atomic E-state index is 12.0. The van der Waals surface area contributed by atoms with Crippen LogP contribution in [0.5, 0.6) is 0 Å². The second-order valence-corrected chi connectivity index (χ2v) is 6.07. The number of aromatic nitrogens is 2. The quantitative estimate of drug-likeness (QED) is 0.592. The summed E-state index contributed by atoms with van der Waals surface area (Å²) in [4.78, 5) is 12.0. The van der Waals surface area contributed by atoms with Crippen molar-refractivity contribution in [3.05, 3.63) is 34.2 Å². The van der Waals surface area contributed by atoms with E-state index >= 15 is 0 Å². The molecule has 0 spiro atoms. The molecule has 0 fully saturated rings. The molecule has 1 aromatic rings. The molecule has 1 N–H and O–H groups in total. The van der Waals surface area contributed by atoms with Crippen LogP contribution in [0.4, 0.5) is 5.69 Å². The average Bonchev–Trinajstić information content (AvgIpc) is 2.37. The number of halogens is 1. The number of thioether (sulfide) groups is 1. The Morgan fingerprint density at radius 2 is 2.37 bits per heavy atom. The molecule has 0 radical (unpaired) electrons. The highest BCUT2D eigenvalue weighted by molar-refractivity contribution is 7.99. The number of rotatable bonds is 8. The Balaban J connectivity index is 2.63. The van der Waals surface area contributed by atoms with Crippen molar-refractivity contribution in [2.24, 2.45) is 5.92 Å². The van der Waals surface area contributed by atoms with Gasteiger partial charge in [-0.05, 0) is 5.92 Å². The van der Waals surface area contributed by atoms with E-state index in [-0.39, 0.29) is 10.6 Å². The number of nitrogens with one attached hydrogen (secondary N) is 1. The second-order valence-electron chi connectivity index (χ2n) is 4.54. The van der Waals surface area contributed by atoms with Crippen molar-refractivity contribution >= 4 is 29.1 Å². The Bertz CT molecular complexity index is 473. The SMILES string of the molecule is C=CCSCCNc1cnn(CC(C)C)c(=O)c1Cl. The number of hydrogen-bond donors (Lipinski definition) is 1. The van der Waals surface area contributed by atoms with Crippen LogP contribution in [-0.2, 0) is 6.54 Å². The largest absolute Gasteiger partial charge is 0.382 e. The second kappa shape index (κ2) is 8.27. The van der Waals surface area contributed by atoms with Gasteiger partial charge in [-0.15, -0.1) is 6.58 Å². The van der Waals surface area contributed by atoms with E-state index in [1.54, 1.807) is 18.0 Å². The van der Waals surface area contributed by atoms with E-state index in [0.717, 1.165) is 18.1 Å². The molecule has 1 aromatic heterocycles. The first-order chi connectivity index (χ1) is 9.06. The highest BCUT2D eigenvalue weighted by atomic mass is 35.5. The summed E-state index contributed by atoms with van der Waals surface area (Å²) in [5, 5.41) is 7.47. The van der Waals surface area contributed by atoms with Gasteiger partial charge in [0.2, 0.25) is 0 Å². The maximum absolute atomic E-state index is 12.0. The fourth-order valence-corrected chi connectivity index (χ4v) is 2.28. The lowest BCUT2D eigenvalue weighted by Crippen LogP contribution is -2.26. The smallest absolute Gasteiger partial charge is 0.287 e. The van der Waals surface area contributed by atoms with Gasteiger partial charge in [-0.3, -0.25) is 4.79 Å². The molecule has 0 saturated carbocycles. The normalized spacial score (nSPS) is 10.7. The van der Waals surface area contributed by atoms with Gasteiger partial charge in [0.05, 0.1) is 11.9 Å². The molecule has 0 aliphatic rings. The maximum Gasteiger partial charge on any atom is 0.287 e. The van der Waals surface area contributed by atoms with Crippen molar-refractivity contribution in [3.8, 4) is 0 Å². The summed E-state index contributed by atoms with van der Waals surface area (Å²) in [6.45, 7) is 9.05. The van der Waals surface area contributed by atoms with Crippen LogP contribution >= 0.6 is 23.4 Å². The zero-order valence-corrected chi connectivity index (χ0v) is 12.9. The minimum absolute atomic E-state index is 0.212. The molecule has 0 saturated heterocycles. The predicted octanol–water partition coefficient (Wildman–Crippen LogP) is 2.88. The van der Waals surface area contributed by atoms with Crippen molar-refractivity contribution in [1.82, 2.24) is 9.78 Å². The highest BCUT2D eigenvalue weighted by Crippen LogP contribution is 2.15. The molecule has 6 heteroatoms. The van der Waals surface area contributed by atoms with E-state index in [9.17, 15) is 4.79 Å². The standard InChI is InChI=1S/C13H20ClN3OS/c1-4-6-19-7-5-15-11-8-16-17(9-10(2)3)13(18)12(11)14/h4,8,10,15H,1,5-7,9H2,2-3H3. The van der Waals surface area contributed by atoms with Crippen molar-refractivity contribution in [2.75, 3.05) is 23.4 Å². The summed E-state index contributed by atoms with van der Waals surface area (Å²) in [7, 11) is 0. The van der Waals surface area contributed by atoms with Gasteiger partial charge in [0.1, 0.15) is 5.02 Å².